The largest absolute Gasteiger partial charge is 0.383 e. The van der Waals surface area contributed by atoms with Gasteiger partial charge in [0.2, 0.25) is 0 Å². The van der Waals surface area contributed by atoms with E-state index in [9.17, 15) is 4.79 Å². The van der Waals surface area contributed by atoms with Crippen molar-refractivity contribution in [2.24, 2.45) is 0 Å². The van der Waals surface area contributed by atoms with Crippen molar-refractivity contribution in [2.75, 3.05) is 11.1 Å². The van der Waals surface area contributed by atoms with Crippen LogP contribution in [0.5, 0.6) is 0 Å². The maximum absolute atomic E-state index is 12.6. The zero-order valence-corrected chi connectivity index (χ0v) is 16.6. The van der Waals surface area contributed by atoms with Gasteiger partial charge in [0.05, 0.1) is 0 Å². The summed E-state index contributed by atoms with van der Waals surface area (Å²) in [7, 11) is 0. The monoisotopic (exact) mass is 392 g/mol. The highest BCUT2D eigenvalue weighted by molar-refractivity contribution is 7.22. The van der Waals surface area contributed by atoms with Crippen molar-refractivity contribution in [3.05, 3.63) is 60.0 Å². The van der Waals surface area contributed by atoms with Crippen LogP contribution in [-0.2, 0) is 5.41 Å². The molecular weight excluding hydrogens is 372 g/mol. The molecule has 28 heavy (non-hydrogen) atoms. The highest BCUT2D eigenvalue weighted by atomic mass is 32.1. The number of fused-ring (bicyclic) bond motifs is 1. The summed E-state index contributed by atoms with van der Waals surface area (Å²) >= 11 is 1.62. The number of amides is 1. The number of nitrogen functional groups attached to an aromatic ring is 1. The lowest BCUT2D eigenvalue weighted by Crippen LogP contribution is -2.12. The van der Waals surface area contributed by atoms with Gasteiger partial charge < -0.3 is 15.6 Å². The number of nitrogens with one attached hydrogen (secondary N) is 1. The Labute approximate surface area is 166 Å². The topological polar surface area (TPSA) is 94.0 Å². The molecule has 0 unspecified atom stereocenters. The van der Waals surface area contributed by atoms with E-state index < -0.39 is 0 Å². The standard InChI is InChI=1S/C21H20N4O2S/c1-21(2,3)17-11-18(25-27-17)24-20(26)12-6-7-15-13(9-12)10-16(28-15)14-5-4-8-23-19(14)22/h4-11H,1-3H3,(H2,22,23)(H,24,25,26). The summed E-state index contributed by atoms with van der Waals surface area (Å²) in [6.07, 6.45) is 1.67. The number of rotatable bonds is 3. The number of thiophene rings is 1. The summed E-state index contributed by atoms with van der Waals surface area (Å²) in [6, 6.07) is 13.2. The van der Waals surface area contributed by atoms with E-state index in [1.807, 2.05) is 51.1 Å². The predicted octanol–water partition coefficient (Wildman–Crippen LogP) is 5.08. The van der Waals surface area contributed by atoms with Gasteiger partial charge in [0.25, 0.3) is 5.91 Å². The highest BCUT2D eigenvalue weighted by Gasteiger charge is 2.20. The van der Waals surface area contributed by atoms with Crippen LogP contribution in [0.2, 0.25) is 0 Å². The van der Waals surface area contributed by atoms with E-state index in [1.54, 1.807) is 29.7 Å². The summed E-state index contributed by atoms with van der Waals surface area (Å²) in [4.78, 5) is 17.8. The first-order chi connectivity index (χ1) is 13.3. The van der Waals surface area contributed by atoms with Gasteiger partial charge in [-0.2, -0.15) is 0 Å². The first-order valence-electron chi connectivity index (χ1n) is 8.84. The third-order valence-corrected chi connectivity index (χ3v) is 5.52. The number of anilines is 2. The molecule has 0 radical (unpaired) electrons. The average Bonchev–Trinajstić information content (AvgIpc) is 3.27. The van der Waals surface area contributed by atoms with Crippen LogP contribution in [0.1, 0.15) is 36.9 Å². The van der Waals surface area contributed by atoms with Gasteiger partial charge >= 0.3 is 0 Å². The quantitative estimate of drug-likeness (QED) is 0.507. The number of benzene rings is 1. The Morgan fingerprint density at radius 1 is 1.18 bits per heavy atom. The van der Waals surface area contributed by atoms with Crippen LogP contribution in [-0.4, -0.2) is 16.0 Å². The fourth-order valence-corrected chi connectivity index (χ4v) is 3.90. The van der Waals surface area contributed by atoms with Crippen LogP contribution in [0.3, 0.4) is 0 Å². The third-order valence-electron chi connectivity index (χ3n) is 4.37. The molecule has 3 aromatic heterocycles. The fraction of sp³-hybridized carbons (Fsp3) is 0.190. The molecule has 0 aliphatic rings. The highest BCUT2D eigenvalue weighted by Crippen LogP contribution is 2.36. The zero-order valence-electron chi connectivity index (χ0n) is 15.8. The number of aromatic nitrogens is 2. The minimum Gasteiger partial charge on any atom is -0.383 e. The van der Waals surface area contributed by atoms with Gasteiger partial charge in [0.1, 0.15) is 11.6 Å². The van der Waals surface area contributed by atoms with Crippen LogP contribution in [0.25, 0.3) is 20.5 Å². The Kier molecular flexibility index (Phi) is 4.39. The molecular formula is C21H20N4O2S. The van der Waals surface area contributed by atoms with Gasteiger partial charge in [-0.15, -0.1) is 11.3 Å². The molecule has 3 heterocycles. The Bertz CT molecular complexity index is 1170. The second-order valence-corrected chi connectivity index (χ2v) is 8.66. The zero-order chi connectivity index (χ0) is 19.9. The number of hydrogen-bond acceptors (Lipinski definition) is 6. The van der Waals surface area contributed by atoms with E-state index in [-0.39, 0.29) is 11.3 Å². The van der Waals surface area contributed by atoms with Gasteiger partial charge in [-0.25, -0.2) is 4.98 Å². The van der Waals surface area contributed by atoms with Gasteiger partial charge in [-0.1, -0.05) is 25.9 Å². The predicted molar refractivity (Wildman–Crippen MR) is 113 cm³/mol. The van der Waals surface area contributed by atoms with Crippen LogP contribution < -0.4 is 11.1 Å². The van der Waals surface area contributed by atoms with Crippen molar-refractivity contribution in [3.8, 4) is 10.4 Å². The van der Waals surface area contributed by atoms with Crippen LogP contribution in [0.4, 0.5) is 11.6 Å². The van der Waals surface area contributed by atoms with E-state index in [0.717, 1.165) is 26.3 Å². The lowest BCUT2D eigenvalue weighted by Gasteiger charge is -2.12. The molecule has 6 nitrogen and oxygen atoms in total. The van der Waals surface area contributed by atoms with E-state index in [2.05, 4.69) is 15.5 Å². The Balaban J connectivity index is 1.60. The summed E-state index contributed by atoms with van der Waals surface area (Å²) in [5, 5.41) is 7.71. The first-order valence-corrected chi connectivity index (χ1v) is 9.66. The lowest BCUT2D eigenvalue weighted by atomic mass is 9.93. The number of nitrogens with zero attached hydrogens (tertiary/aromatic N) is 2. The SMILES string of the molecule is CC(C)(C)c1cc(NC(=O)c2ccc3sc(-c4cccnc4N)cc3c2)no1. The van der Waals surface area contributed by atoms with Crippen molar-refractivity contribution < 1.29 is 9.32 Å². The smallest absolute Gasteiger partial charge is 0.256 e. The summed E-state index contributed by atoms with van der Waals surface area (Å²) in [5.74, 6) is 1.39. The number of hydrogen-bond donors (Lipinski definition) is 2. The normalized spacial score (nSPS) is 11.7. The molecule has 0 saturated heterocycles. The third kappa shape index (κ3) is 3.48. The maximum Gasteiger partial charge on any atom is 0.256 e. The summed E-state index contributed by atoms with van der Waals surface area (Å²) < 4.78 is 6.39. The molecule has 0 saturated carbocycles. The Morgan fingerprint density at radius 3 is 2.71 bits per heavy atom. The summed E-state index contributed by atoms with van der Waals surface area (Å²) in [5.41, 5.74) is 7.26. The van der Waals surface area contributed by atoms with E-state index in [4.69, 9.17) is 10.3 Å². The average molecular weight is 392 g/mol. The number of pyridine rings is 1. The van der Waals surface area contributed by atoms with Crippen molar-refractivity contribution in [1.82, 2.24) is 10.1 Å². The number of carbonyl (C=O) groups excluding carboxylic acids is 1. The minimum absolute atomic E-state index is 0.171. The van der Waals surface area contributed by atoms with Crippen LogP contribution in [0, 0.1) is 0 Å². The Morgan fingerprint density at radius 2 is 2.00 bits per heavy atom. The van der Waals surface area contributed by atoms with Gasteiger partial charge in [0.15, 0.2) is 5.82 Å². The van der Waals surface area contributed by atoms with Crippen LogP contribution >= 0.6 is 11.3 Å². The molecule has 7 heteroatoms. The molecule has 0 aliphatic heterocycles. The molecule has 4 aromatic rings. The molecule has 0 spiro atoms. The van der Waals surface area contributed by atoms with Crippen LogP contribution in [0.15, 0.2) is 53.2 Å². The second kappa shape index (κ2) is 6.76. The maximum atomic E-state index is 12.6. The molecule has 1 aromatic carbocycles. The second-order valence-electron chi connectivity index (χ2n) is 7.58. The lowest BCUT2D eigenvalue weighted by molar-refractivity contribution is 0.102. The number of nitrogens with two attached hydrogens (primary N) is 1. The molecule has 142 valence electrons. The fourth-order valence-electron chi connectivity index (χ4n) is 2.82. The minimum atomic E-state index is -0.232. The molecule has 1 amide bonds. The van der Waals surface area contributed by atoms with Gasteiger partial charge in [0, 0.05) is 38.4 Å². The van der Waals surface area contributed by atoms with Gasteiger partial charge in [-0.05, 0) is 41.8 Å². The van der Waals surface area contributed by atoms with Crippen molar-refractivity contribution in [1.29, 1.82) is 0 Å². The molecule has 0 atom stereocenters. The Hall–Kier alpha value is -3.19. The molecule has 3 N–H and O–H groups in total. The first kappa shape index (κ1) is 18.2. The molecule has 0 aliphatic carbocycles. The summed E-state index contributed by atoms with van der Waals surface area (Å²) in [6.45, 7) is 6.07. The van der Waals surface area contributed by atoms with Crippen molar-refractivity contribution in [3.63, 3.8) is 0 Å². The van der Waals surface area contributed by atoms with Gasteiger partial charge in [-0.3, -0.25) is 4.79 Å². The van der Waals surface area contributed by atoms with E-state index in [1.165, 1.54) is 0 Å². The van der Waals surface area contributed by atoms with Crippen molar-refractivity contribution in [2.45, 2.75) is 26.2 Å². The molecule has 4 rings (SSSR count). The molecule has 0 fully saturated rings. The van der Waals surface area contributed by atoms with E-state index >= 15 is 0 Å². The van der Waals surface area contributed by atoms with E-state index in [0.29, 0.717) is 17.2 Å². The molecule has 0 bridgehead atoms. The van der Waals surface area contributed by atoms with Crippen molar-refractivity contribution >= 4 is 39.0 Å². The number of carbonyl (C=O) groups is 1.